The number of carbonyl (C=O) groups is 1. The molecule has 1 aliphatic rings. The van der Waals surface area contributed by atoms with E-state index in [0.717, 1.165) is 5.56 Å². The van der Waals surface area contributed by atoms with Gasteiger partial charge in [0.1, 0.15) is 23.6 Å². The number of fused-ring (bicyclic) bond motifs is 1. The van der Waals surface area contributed by atoms with Crippen molar-refractivity contribution in [3.05, 3.63) is 71.0 Å². The van der Waals surface area contributed by atoms with Gasteiger partial charge in [-0.2, -0.15) is 0 Å². The Balaban J connectivity index is 1.51. The minimum Gasteiger partial charge on any atom is -0.495 e. The maximum atomic E-state index is 13.3. The molecule has 1 atom stereocenters. The van der Waals surface area contributed by atoms with E-state index in [1.807, 2.05) is 29.2 Å². The second-order valence-electron chi connectivity index (χ2n) is 8.02. The smallest absolute Gasteiger partial charge is 0.248 e. The molecule has 1 fully saturated rings. The zero-order chi connectivity index (χ0) is 24.4. The molecule has 8 nitrogen and oxygen atoms in total. The maximum Gasteiger partial charge on any atom is 0.248 e. The van der Waals surface area contributed by atoms with Crippen LogP contribution in [-0.4, -0.2) is 53.6 Å². The van der Waals surface area contributed by atoms with Crippen molar-refractivity contribution in [3.8, 4) is 17.0 Å². The van der Waals surface area contributed by atoms with E-state index >= 15 is 0 Å². The lowest BCUT2D eigenvalue weighted by atomic mass is 10.1. The summed E-state index contributed by atoms with van der Waals surface area (Å²) < 4.78 is 5.26. The van der Waals surface area contributed by atoms with Crippen LogP contribution in [0.25, 0.3) is 22.3 Å². The highest BCUT2D eigenvalue weighted by Gasteiger charge is 2.31. The summed E-state index contributed by atoms with van der Waals surface area (Å²) in [5, 5.41) is 7.31. The highest BCUT2D eigenvalue weighted by atomic mass is 35.5. The highest BCUT2D eigenvalue weighted by molar-refractivity contribution is 6.32. The van der Waals surface area contributed by atoms with Crippen LogP contribution in [0.1, 0.15) is 0 Å². The first-order valence-electron chi connectivity index (χ1n) is 11.0. The first-order valence-corrected chi connectivity index (χ1v) is 11.8. The van der Waals surface area contributed by atoms with E-state index < -0.39 is 6.04 Å². The van der Waals surface area contributed by atoms with Crippen LogP contribution >= 0.6 is 23.2 Å². The van der Waals surface area contributed by atoms with Gasteiger partial charge in [-0.05, 0) is 48.5 Å². The molecule has 3 heterocycles. The Labute approximate surface area is 212 Å². The fourth-order valence-electron chi connectivity index (χ4n) is 4.11. The van der Waals surface area contributed by atoms with E-state index in [-0.39, 0.29) is 5.91 Å². The Hall–Kier alpha value is -3.46. The van der Waals surface area contributed by atoms with E-state index in [9.17, 15) is 4.79 Å². The van der Waals surface area contributed by atoms with Gasteiger partial charge in [0.05, 0.1) is 23.3 Å². The molecule has 5 rings (SSSR count). The number of halogens is 2. The molecule has 1 amide bonds. The third-order valence-electron chi connectivity index (χ3n) is 5.82. The molecule has 0 bridgehead atoms. The van der Waals surface area contributed by atoms with Gasteiger partial charge in [0.15, 0.2) is 5.82 Å². The van der Waals surface area contributed by atoms with Crippen LogP contribution in [0.15, 0.2) is 60.9 Å². The van der Waals surface area contributed by atoms with Gasteiger partial charge in [-0.3, -0.25) is 4.79 Å². The van der Waals surface area contributed by atoms with E-state index in [1.165, 1.54) is 6.33 Å². The van der Waals surface area contributed by atoms with Gasteiger partial charge < -0.3 is 20.3 Å². The Morgan fingerprint density at radius 2 is 2.03 bits per heavy atom. The number of anilines is 2. The number of amides is 1. The first kappa shape index (κ1) is 23.3. The molecule has 2 aromatic heterocycles. The SMILES string of the molecule is COc1ccc(-c2ccc3ncnc(N4CCNCC4C(=O)Nc4cccc(Cl)c4)c3n2)cc1Cl. The van der Waals surface area contributed by atoms with Gasteiger partial charge in [-0.15, -0.1) is 0 Å². The molecule has 4 aromatic rings. The van der Waals surface area contributed by atoms with Crippen LogP contribution in [0.3, 0.4) is 0 Å². The molecular formula is C25H22Cl2N6O2. The topological polar surface area (TPSA) is 92.3 Å². The van der Waals surface area contributed by atoms with Gasteiger partial charge in [0.25, 0.3) is 0 Å². The minimum absolute atomic E-state index is 0.163. The molecule has 178 valence electrons. The summed E-state index contributed by atoms with van der Waals surface area (Å²) in [6.07, 6.45) is 1.50. The summed E-state index contributed by atoms with van der Waals surface area (Å²) in [4.78, 5) is 29.0. The van der Waals surface area contributed by atoms with Gasteiger partial charge in [-0.1, -0.05) is 29.3 Å². The van der Waals surface area contributed by atoms with Crippen LogP contribution in [0.4, 0.5) is 11.5 Å². The zero-order valence-corrected chi connectivity index (χ0v) is 20.3. The maximum absolute atomic E-state index is 13.3. The fourth-order valence-corrected chi connectivity index (χ4v) is 4.56. The van der Waals surface area contributed by atoms with Crippen LogP contribution in [0.5, 0.6) is 5.75 Å². The number of hydrogen-bond acceptors (Lipinski definition) is 7. The van der Waals surface area contributed by atoms with Crippen LogP contribution in [0.2, 0.25) is 10.0 Å². The number of pyridine rings is 1. The number of ether oxygens (including phenoxy) is 1. The number of hydrogen-bond donors (Lipinski definition) is 2. The Kier molecular flexibility index (Phi) is 6.68. The largest absolute Gasteiger partial charge is 0.495 e. The Morgan fingerprint density at radius 1 is 1.14 bits per heavy atom. The molecule has 0 saturated carbocycles. The molecule has 2 N–H and O–H groups in total. The molecule has 10 heteroatoms. The summed E-state index contributed by atoms with van der Waals surface area (Å²) in [6, 6.07) is 15.9. The summed E-state index contributed by atoms with van der Waals surface area (Å²) in [5.74, 6) is 1.03. The molecule has 1 saturated heterocycles. The second-order valence-corrected chi connectivity index (χ2v) is 8.87. The number of piperazine rings is 1. The highest BCUT2D eigenvalue weighted by Crippen LogP contribution is 2.32. The number of benzene rings is 2. The van der Waals surface area contributed by atoms with Crippen molar-refractivity contribution >= 4 is 51.6 Å². The van der Waals surface area contributed by atoms with Crippen LogP contribution < -0.4 is 20.3 Å². The number of carbonyl (C=O) groups excluding carboxylic acids is 1. The quantitative estimate of drug-likeness (QED) is 0.412. The van der Waals surface area contributed by atoms with E-state index in [2.05, 4.69) is 20.6 Å². The fraction of sp³-hybridized carbons (Fsp3) is 0.200. The monoisotopic (exact) mass is 508 g/mol. The van der Waals surface area contributed by atoms with Crippen molar-refractivity contribution < 1.29 is 9.53 Å². The predicted molar refractivity (Wildman–Crippen MR) is 138 cm³/mol. The number of nitrogens with zero attached hydrogens (tertiary/aromatic N) is 4. The van der Waals surface area contributed by atoms with E-state index in [1.54, 1.807) is 37.4 Å². The second kappa shape index (κ2) is 10.0. The summed E-state index contributed by atoms with van der Waals surface area (Å²) in [7, 11) is 1.57. The zero-order valence-electron chi connectivity index (χ0n) is 18.8. The molecule has 35 heavy (non-hydrogen) atoms. The van der Waals surface area contributed by atoms with Crippen molar-refractivity contribution in [2.45, 2.75) is 6.04 Å². The first-order chi connectivity index (χ1) is 17.0. The lowest BCUT2D eigenvalue weighted by Gasteiger charge is -2.36. The minimum atomic E-state index is -0.498. The third kappa shape index (κ3) is 4.86. The standard InChI is InChI=1S/C25H22Cl2N6O2/c1-35-22-8-5-15(11-18(22)27)19-6-7-20-23(32-19)24(30-14-29-20)33-10-9-28-13-21(33)25(34)31-17-4-2-3-16(26)12-17/h2-8,11-12,14,21,28H,9-10,13H2,1H3,(H,31,34). The predicted octanol–water partition coefficient (Wildman–Crippen LogP) is 4.42. The number of nitrogens with one attached hydrogen (secondary N) is 2. The van der Waals surface area contributed by atoms with Gasteiger partial charge >= 0.3 is 0 Å². The van der Waals surface area contributed by atoms with Gasteiger partial charge in [0, 0.05) is 35.9 Å². The van der Waals surface area contributed by atoms with Crippen molar-refractivity contribution in [1.82, 2.24) is 20.3 Å². The van der Waals surface area contributed by atoms with Crippen molar-refractivity contribution in [2.75, 3.05) is 37.0 Å². The summed E-state index contributed by atoms with van der Waals surface area (Å²) >= 11 is 12.4. The lowest BCUT2D eigenvalue weighted by Crippen LogP contribution is -2.57. The average Bonchev–Trinajstić information content (AvgIpc) is 2.88. The third-order valence-corrected chi connectivity index (χ3v) is 6.35. The van der Waals surface area contributed by atoms with Gasteiger partial charge in [-0.25, -0.2) is 15.0 Å². The Morgan fingerprint density at radius 3 is 2.83 bits per heavy atom. The average molecular weight is 509 g/mol. The summed E-state index contributed by atoms with van der Waals surface area (Å²) in [6.45, 7) is 1.76. The summed E-state index contributed by atoms with van der Waals surface area (Å²) in [5.41, 5.74) is 3.49. The van der Waals surface area contributed by atoms with E-state index in [0.29, 0.717) is 63.7 Å². The number of methoxy groups -OCH3 is 1. The van der Waals surface area contributed by atoms with E-state index in [4.69, 9.17) is 32.9 Å². The lowest BCUT2D eigenvalue weighted by molar-refractivity contribution is -0.117. The van der Waals surface area contributed by atoms with Crippen LogP contribution in [0, 0.1) is 0 Å². The molecule has 1 unspecified atom stereocenters. The molecule has 1 aliphatic heterocycles. The molecular weight excluding hydrogens is 487 g/mol. The normalized spacial score (nSPS) is 15.7. The molecule has 2 aromatic carbocycles. The van der Waals surface area contributed by atoms with Crippen molar-refractivity contribution in [2.24, 2.45) is 0 Å². The molecule has 0 radical (unpaired) electrons. The van der Waals surface area contributed by atoms with Crippen LogP contribution in [-0.2, 0) is 4.79 Å². The van der Waals surface area contributed by atoms with Crippen molar-refractivity contribution in [1.29, 1.82) is 0 Å². The number of aromatic nitrogens is 3. The van der Waals surface area contributed by atoms with Gasteiger partial charge in [0.2, 0.25) is 5.91 Å². The molecule has 0 aliphatic carbocycles. The number of rotatable bonds is 5. The van der Waals surface area contributed by atoms with Crippen molar-refractivity contribution in [3.63, 3.8) is 0 Å². The Bertz CT molecular complexity index is 1400. The molecule has 0 spiro atoms.